The minimum absolute atomic E-state index is 0.0739. The SMILES string of the molecule is COC(=O)c1cc(OC(=O)C2CCN(C(=O)C3CC3)CC2)cc(C(=O)OC)c1. The second kappa shape index (κ2) is 8.41. The van der Waals surface area contributed by atoms with Crippen molar-refractivity contribution >= 4 is 23.8 Å². The molecule has 0 aromatic heterocycles. The first-order valence-electron chi connectivity index (χ1n) is 9.25. The van der Waals surface area contributed by atoms with E-state index in [1.165, 1.54) is 32.4 Å². The van der Waals surface area contributed by atoms with Gasteiger partial charge in [0.25, 0.3) is 0 Å². The lowest BCUT2D eigenvalue weighted by molar-refractivity contribution is -0.143. The fraction of sp³-hybridized carbons (Fsp3) is 0.500. The van der Waals surface area contributed by atoms with E-state index in [0.29, 0.717) is 25.9 Å². The quantitative estimate of drug-likeness (QED) is 0.559. The Balaban J connectivity index is 1.66. The summed E-state index contributed by atoms with van der Waals surface area (Å²) in [5, 5.41) is 0. The molecule has 1 saturated carbocycles. The number of piperidine rings is 1. The van der Waals surface area contributed by atoms with Crippen LogP contribution in [0.25, 0.3) is 0 Å². The first-order valence-corrected chi connectivity index (χ1v) is 9.25. The highest BCUT2D eigenvalue weighted by Crippen LogP contribution is 2.32. The maximum absolute atomic E-state index is 12.5. The molecule has 1 aliphatic heterocycles. The zero-order valence-electron chi connectivity index (χ0n) is 15.9. The molecule has 1 aromatic rings. The summed E-state index contributed by atoms with van der Waals surface area (Å²) in [5.41, 5.74) is 0.163. The molecule has 0 spiro atoms. The van der Waals surface area contributed by atoms with E-state index in [1.807, 2.05) is 4.90 Å². The summed E-state index contributed by atoms with van der Waals surface area (Å²) in [6.45, 7) is 1.06. The molecule has 8 heteroatoms. The maximum atomic E-state index is 12.5. The fourth-order valence-electron chi connectivity index (χ4n) is 3.25. The summed E-state index contributed by atoms with van der Waals surface area (Å²) in [4.78, 5) is 50.1. The molecule has 0 unspecified atom stereocenters. The van der Waals surface area contributed by atoms with Gasteiger partial charge in [0.05, 0.1) is 31.3 Å². The Bertz CT molecular complexity index is 757. The van der Waals surface area contributed by atoms with Crippen LogP contribution in [0.5, 0.6) is 5.75 Å². The minimum atomic E-state index is -0.657. The molecule has 1 heterocycles. The highest BCUT2D eigenvalue weighted by molar-refractivity contribution is 5.96. The lowest BCUT2D eigenvalue weighted by Gasteiger charge is -2.31. The monoisotopic (exact) mass is 389 g/mol. The van der Waals surface area contributed by atoms with Crippen molar-refractivity contribution in [3.05, 3.63) is 29.3 Å². The van der Waals surface area contributed by atoms with E-state index in [2.05, 4.69) is 9.47 Å². The van der Waals surface area contributed by atoms with E-state index < -0.39 is 17.9 Å². The normalized spacial score (nSPS) is 17.0. The smallest absolute Gasteiger partial charge is 0.338 e. The Morgan fingerprint density at radius 1 is 0.821 bits per heavy atom. The molecule has 150 valence electrons. The van der Waals surface area contributed by atoms with E-state index in [1.54, 1.807) is 0 Å². The summed E-state index contributed by atoms with van der Waals surface area (Å²) >= 11 is 0. The Labute approximate surface area is 162 Å². The molecule has 3 rings (SSSR count). The average molecular weight is 389 g/mol. The van der Waals surface area contributed by atoms with Crippen molar-refractivity contribution in [1.82, 2.24) is 4.90 Å². The Kier molecular flexibility index (Phi) is 5.96. The van der Waals surface area contributed by atoms with Crippen LogP contribution < -0.4 is 4.74 Å². The number of hydrogen-bond donors (Lipinski definition) is 0. The second-order valence-corrected chi connectivity index (χ2v) is 7.02. The topological polar surface area (TPSA) is 99.2 Å². The molecule has 2 fully saturated rings. The third-order valence-electron chi connectivity index (χ3n) is 5.03. The first-order chi connectivity index (χ1) is 13.4. The molecule has 1 amide bonds. The van der Waals surface area contributed by atoms with Gasteiger partial charge in [-0.2, -0.15) is 0 Å². The molecule has 0 N–H and O–H groups in total. The van der Waals surface area contributed by atoms with Crippen molar-refractivity contribution in [2.45, 2.75) is 25.7 Å². The Morgan fingerprint density at radius 3 is 1.82 bits per heavy atom. The number of rotatable bonds is 5. The first kappa shape index (κ1) is 19.9. The molecule has 1 saturated heterocycles. The molecule has 0 bridgehead atoms. The average Bonchev–Trinajstić information content (AvgIpc) is 3.57. The number of nitrogens with zero attached hydrogens (tertiary/aromatic N) is 1. The molecule has 8 nitrogen and oxygen atoms in total. The van der Waals surface area contributed by atoms with Crippen LogP contribution in [0.4, 0.5) is 0 Å². The lowest BCUT2D eigenvalue weighted by atomic mass is 9.96. The maximum Gasteiger partial charge on any atom is 0.338 e. The van der Waals surface area contributed by atoms with Crippen LogP contribution >= 0.6 is 0 Å². The number of likely N-dealkylation sites (tertiary alicyclic amines) is 1. The van der Waals surface area contributed by atoms with Crippen molar-refractivity contribution in [3.63, 3.8) is 0 Å². The summed E-state index contributed by atoms with van der Waals surface area (Å²) in [6, 6.07) is 4.01. The van der Waals surface area contributed by atoms with Crippen molar-refractivity contribution in [1.29, 1.82) is 0 Å². The fourth-order valence-corrected chi connectivity index (χ4v) is 3.25. The van der Waals surface area contributed by atoms with Gasteiger partial charge in [0, 0.05) is 19.0 Å². The number of methoxy groups -OCH3 is 2. The van der Waals surface area contributed by atoms with Crippen LogP contribution in [-0.2, 0) is 19.1 Å². The van der Waals surface area contributed by atoms with Gasteiger partial charge in [0.2, 0.25) is 5.91 Å². The van der Waals surface area contributed by atoms with E-state index >= 15 is 0 Å². The highest BCUT2D eigenvalue weighted by Gasteiger charge is 2.36. The second-order valence-electron chi connectivity index (χ2n) is 7.02. The van der Waals surface area contributed by atoms with E-state index in [-0.39, 0.29) is 34.6 Å². The van der Waals surface area contributed by atoms with Crippen molar-refractivity contribution in [2.75, 3.05) is 27.3 Å². The van der Waals surface area contributed by atoms with Crippen molar-refractivity contribution < 1.29 is 33.4 Å². The van der Waals surface area contributed by atoms with Gasteiger partial charge in [-0.3, -0.25) is 9.59 Å². The third kappa shape index (κ3) is 4.49. The number of carbonyl (C=O) groups is 4. The van der Waals surface area contributed by atoms with E-state index in [9.17, 15) is 19.2 Å². The molecule has 1 aromatic carbocycles. The van der Waals surface area contributed by atoms with Crippen LogP contribution in [0.1, 0.15) is 46.4 Å². The van der Waals surface area contributed by atoms with E-state index in [4.69, 9.17) is 4.74 Å². The summed E-state index contributed by atoms with van der Waals surface area (Å²) in [7, 11) is 2.44. The van der Waals surface area contributed by atoms with Gasteiger partial charge in [-0.25, -0.2) is 9.59 Å². The van der Waals surface area contributed by atoms with Gasteiger partial charge in [0.1, 0.15) is 5.75 Å². The Hall–Kier alpha value is -2.90. The predicted molar refractivity (Wildman–Crippen MR) is 96.8 cm³/mol. The molecule has 2 aliphatic rings. The van der Waals surface area contributed by atoms with Crippen LogP contribution in [0.15, 0.2) is 18.2 Å². The zero-order valence-corrected chi connectivity index (χ0v) is 15.9. The van der Waals surface area contributed by atoms with Crippen LogP contribution in [0.2, 0.25) is 0 Å². The molecule has 0 radical (unpaired) electrons. The van der Waals surface area contributed by atoms with Crippen molar-refractivity contribution in [3.8, 4) is 5.75 Å². The number of hydrogen-bond acceptors (Lipinski definition) is 7. The number of carbonyl (C=O) groups excluding carboxylic acids is 4. The van der Waals surface area contributed by atoms with Crippen LogP contribution in [-0.4, -0.2) is 56.0 Å². The number of esters is 3. The van der Waals surface area contributed by atoms with Crippen LogP contribution in [0, 0.1) is 11.8 Å². The number of benzene rings is 1. The molecule has 0 atom stereocenters. The van der Waals surface area contributed by atoms with Gasteiger partial charge in [-0.15, -0.1) is 0 Å². The van der Waals surface area contributed by atoms with Gasteiger partial charge < -0.3 is 19.1 Å². The molecule has 28 heavy (non-hydrogen) atoms. The summed E-state index contributed by atoms with van der Waals surface area (Å²) in [5.74, 6) is -1.68. The molecular weight excluding hydrogens is 366 g/mol. The number of amides is 1. The highest BCUT2D eigenvalue weighted by atomic mass is 16.5. The van der Waals surface area contributed by atoms with Gasteiger partial charge >= 0.3 is 17.9 Å². The third-order valence-corrected chi connectivity index (χ3v) is 5.03. The van der Waals surface area contributed by atoms with Crippen molar-refractivity contribution in [2.24, 2.45) is 11.8 Å². The minimum Gasteiger partial charge on any atom is -0.465 e. The van der Waals surface area contributed by atoms with Gasteiger partial charge in [0.15, 0.2) is 0 Å². The van der Waals surface area contributed by atoms with Gasteiger partial charge in [-0.05, 0) is 43.9 Å². The summed E-state index contributed by atoms with van der Waals surface area (Å²) in [6.07, 6.45) is 2.97. The largest absolute Gasteiger partial charge is 0.465 e. The standard InChI is InChI=1S/C20H23NO7/c1-26-18(23)14-9-15(19(24)27-2)11-16(10-14)28-20(25)13-5-7-21(8-6-13)17(22)12-3-4-12/h9-13H,3-8H2,1-2H3. The molecule has 1 aliphatic carbocycles. The van der Waals surface area contributed by atoms with Crippen LogP contribution in [0.3, 0.4) is 0 Å². The molecular formula is C20H23NO7. The Morgan fingerprint density at radius 2 is 1.36 bits per heavy atom. The summed E-state index contributed by atoms with van der Waals surface area (Å²) < 4.78 is 14.8. The zero-order chi connectivity index (χ0) is 20.3. The number of ether oxygens (including phenoxy) is 3. The van der Waals surface area contributed by atoms with E-state index in [0.717, 1.165) is 12.8 Å². The van der Waals surface area contributed by atoms with Gasteiger partial charge in [-0.1, -0.05) is 0 Å². The lowest BCUT2D eigenvalue weighted by Crippen LogP contribution is -2.41. The predicted octanol–water partition coefficient (Wildman–Crippen LogP) is 1.81.